The quantitative estimate of drug-likeness (QED) is 0.867. The summed E-state index contributed by atoms with van der Waals surface area (Å²) in [5.41, 5.74) is 1.30. The maximum absolute atomic E-state index is 11.0. The zero-order valence-electron chi connectivity index (χ0n) is 8.22. The minimum atomic E-state index is -0.997. The molecule has 2 rings (SSSR count). The predicted molar refractivity (Wildman–Crippen MR) is 61.6 cm³/mol. The van der Waals surface area contributed by atoms with Gasteiger partial charge >= 0.3 is 5.97 Å². The lowest BCUT2D eigenvalue weighted by Crippen LogP contribution is -2.00. The average molecular weight is 234 g/mol. The summed E-state index contributed by atoms with van der Waals surface area (Å²) in [5.74, 6) is -0.997. The Kier molecular flexibility index (Phi) is 2.88. The Bertz CT molecular complexity index is 540. The van der Waals surface area contributed by atoms with Crippen LogP contribution in [0.15, 0.2) is 42.6 Å². The van der Waals surface area contributed by atoms with E-state index >= 15 is 0 Å². The van der Waals surface area contributed by atoms with Crippen molar-refractivity contribution in [3.05, 3.63) is 53.2 Å². The van der Waals surface area contributed by atoms with Crippen LogP contribution in [0.2, 0.25) is 5.02 Å². The maximum atomic E-state index is 11.0. The highest BCUT2D eigenvalue weighted by Gasteiger charge is 2.12. The molecule has 0 fully saturated rings. The molecule has 0 spiro atoms. The van der Waals surface area contributed by atoms with Crippen LogP contribution in [0.25, 0.3) is 11.3 Å². The first-order chi connectivity index (χ1) is 7.68. The van der Waals surface area contributed by atoms with E-state index in [9.17, 15) is 4.79 Å². The first kappa shape index (κ1) is 10.6. The van der Waals surface area contributed by atoms with E-state index in [1.807, 2.05) is 0 Å². The molecule has 1 aromatic carbocycles. The number of aromatic nitrogens is 1. The van der Waals surface area contributed by atoms with Crippen molar-refractivity contribution in [1.29, 1.82) is 0 Å². The average Bonchev–Trinajstić information content (AvgIpc) is 2.29. The molecule has 0 atom stereocenters. The summed E-state index contributed by atoms with van der Waals surface area (Å²) in [6.45, 7) is 0. The Morgan fingerprint density at radius 2 is 2.06 bits per heavy atom. The van der Waals surface area contributed by atoms with Crippen molar-refractivity contribution in [2.24, 2.45) is 0 Å². The molecular weight excluding hydrogens is 226 g/mol. The number of hydrogen-bond acceptors (Lipinski definition) is 2. The molecule has 1 N–H and O–H groups in total. The van der Waals surface area contributed by atoms with Gasteiger partial charge in [0.1, 0.15) is 0 Å². The number of aromatic carboxylic acids is 1. The Morgan fingerprint density at radius 1 is 1.25 bits per heavy atom. The van der Waals surface area contributed by atoms with E-state index in [0.717, 1.165) is 0 Å². The molecule has 80 valence electrons. The SMILES string of the molecule is O=C(O)c1cccnc1-c1cccc(Cl)c1. The van der Waals surface area contributed by atoms with Crippen molar-refractivity contribution in [2.75, 3.05) is 0 Å². The van der Waals surface area contributed by atoms with E-state index in [2.05, 4.69) is 4.98 Å². The number of halogens is 1. The molecule has 0 bridgehead atoms. The van der Waals surface area contributed by atoms with Gasteiger partial charge < -0.3 is 5.11 Å². The summed E-state index contributed by atoms with van der Waals surface area (Å²) in [6, 6.07) is 10.1. The van der Waals surface area contributed by atoms with Crippen molar-refractivity contribution in [1.82, 2.24) is 4.98 Å². The van der Waals surface area contributed by atoms with E-state index in [4.69, 9.17) is 16.7 Å². The summed E-state index contributed by atoms with van der Waals surface area (Å²) in [6.07, 6.45) is 1.56. The number of hydrogen-bond donors (Lipinski definition) is 1. The van der Waals surface area contributed by atoms with E-state index in [1.54, 1.807) is 36.5 Å². The first-order valence-corrected chi connectivity index (χ1v) is 5.00. The minimum absolute atomic E-state index is 0.171. The van der Waals surface area contributed by atoms with Crippen molar-refractivity contribution < 1.29 is 9.90 Å². The molecule has 1 aromatic heterocycles. The van der Waals surface area contributed by atoms with E-state index in [0.29, 0.717) is 16.3 Å². The van der Waals surface area contributed by atoms with Crippen LogP contribution >= 0.6 is 11.6 Å². The van der Waals surface area contributed by atoms with Gasteiger partial charge in [-0.25, -0.2) is 4.79 Å². The molecular formula is C12H8ClNO2. The van der Waals surface area contributed by atoms with Crippen LogP contribution in [0.1, 0.15) is 10.4 Å². The molecule has 0 aliphatic carbocycles. The Labute approximate surface area is 97.3 Å². The number of carbonyl (C=O) groups is 1. The molecule has 0 aliphatic rings. The molecule has 0 amide bonds. The van der Waals surface area contributed by atoms with Gasteiger partial charge in [-0.15, -0.1) is 0 Å². The van der Waals surface area contributed by atoms with Gasteiger partial charge in [0, 0.05) is 16.8 Å². The highest BCUT2D eigenvalue weighted by Crippen LogP contribution is 2.23. The topological polar surface area (TPSA) is 50.2 Å². The lowest BCUT2D eigenvalue weighted by molar-refractivity contribution is 0.0697. The number of benzene rings is 1. The Hall–Kier alpha value is -1.87. The molecule has 0 saturated heterocycles. The summed E-state index contributed by atoms with van der Waals surface area (Å²) in [7, 11) is 0. The smallest absolute Gasteiger partial charge is 0.337 e. The second-order valence-corrected chi connectivity index (χ2v) is 3.65. The first-order valence-electron chi connectivity index (χ1n) is 4.63. The lowest BCUT2D eigenvalue weighted by Gasteiger charge is -2.04. The third-order valence-electron chi connectivity index (χ3n) is 2.14. The van der Waals surface area contributed by atoms with E-state index in [1.165, 1.54) is 6.07 Å². The van der Waals surface area contributed by atoms with Gasteiger partial charge in [0.2, 0.25) is 0 Å². The molecule has 4 heteroatoms. The van der Waals surface area contributed by atoms with Crippen molar-refractivity contribution in [3.63, 3.8) is 0 Å². The molecule has 2 aromatic rings. The van der Waals surface area contributed by atoms with Crippen LogP contribution in [-0.4, -0.2) is 16.1 Å². The predicted octanol–water partition coefficient (Wildman–Crippen LogP) is 3.10. The number of pyridine rings is 1. The highest BCUT2D eigenvalue weighted by molar-refractivity contribution is 6.30. The molecule has 0 saturated carbocycles. The number of nitrogens with zero attached hydrogens (tertiary/aromatic N) is 1. The third kappa shape index (κ3) is 2.04. The molecule has 3 nitrogen and oxygen atoms in total. The third-order valence-corrected chi connectivity index (χ3v) is 2.37. The summed E-state index contributed by atoms with van der Waals surface area (Å²) in [5, 5.41) is 9.58. The van der Waals surface area contributed by atoms with Crippen molar-refractivity contribution in [3.8, 4) is 11.3 Å². The second-order valence-electron chi connectivity index (χ2n) is 3.22. The van der Waals surface area contributed by atoms with Crippen LogP contribution < -0.4 is 0 Å². The van der Waals surface area contributed by atoms with E-state index < -0.39 is 5.97 Å². The zero-order chi connectivity index (χ0) is 11.5. The Morgan fingerprint density at radius 3 is 2.75 bits per heavy atom. The molecule has 0 aliphatic heterocycles. The van der Waals surface area contributed by atoms with Crippen LogP contribution in [-0.2, 0) is 0 Å². The number of carboxylic acids is 1. The van der Waals surface area contributed by atoms with Gasteiger partial charge in [-0.1, -0.05) is 23.7 Å². The lowest BCUT2D eigenvalue weighted by atomic mass is 10.1. The largest absolute Gasteiger partial charge is 0.478 e. The summed E-state index contributed by atoms with van der Waals surface area (Å²) >= 11 is 5.85. The second kappa shape index (κ2) is 4.33. The van der Waals surface area contributed by atoms with Gasteiger partial charge in [-0.3, -0.25) is 4.98 Å². The fourth-order valence-corrected chi connectivity index (χ4v) is 1.63. The van der Waals surface area contributed by atoms with Gasteiger partial charge in [0.15, 0.2) is 0 Å². The molecule has 0 unspecified atom stereocenters. The Balaban J connectivity index is 2.60. The normalized spacial score (nSPS) is 10.1. The monoisotopic (exact) mass is 233 g/mol. The van der Waals surface area contributed by atoms with E-state index in [-0.39, 0.29) is 5.56 Å². The van der Waals surface area contributed by atoms with Crippen LogP contribution in [0.3, 0.4) is 0 Å². The van der Waals surface area contributed by atoms with Crippen LogP contribution in [0.5, 0.6) is 0 Å². The van der Waals surface area contributed by atoms with Crippen molar-refractivity contribution >= 4 is 17.6 Å². The maximum Gasteiger partial charge on any atom is 0.337 e. The van der Waals surface area contributed by atoms with Gasteiger partial charge in [0.05, 0.1) is 11.3 Å². The fraction of sp³-hybridized carbons (Fsp3) is 0. The summed E-state index contributed by atoms with van der Waals surface area (Å²) in [4.78, 5) is 15.1. The molecule has 0 radical (unpaired) electrons. The molecule has 16 heavy (non-hydrogen) atoms. The standard InChI is InChI=1S/C12H8ClNO2/c13-9-4-1-3-8(7-9)11-10(12(15)16)5-2-6-14-11/h1-7H,(H,15,16). The minimum Gasteiger partial charge on any atom is -0.478 e. The summed E-state index contributed by atoms with van der Waals surface area (Å²) < 4.78 is 0. The van der Waals surface area contributed by atoms with Crippen LogP contribution in [0, 0.1) is 0 Å². The highest BCUT2D eigenvalue weighted by atomic mass is 35.5. The molecule has 1 heterocycles. The van der Waals surface area contributed by atoms with Gasteiger partial charge in [-0.2, -0.15) is 0 Å². The van der Waals surface area contributed by atoms with Gasteiger partial charge in [0.25, 0.3) is 0 Å². The fourth-order valence-electron chi connectivity index (χ4n) is 1.44. The number of rotatable bonds is 2. The zero-order valence-corrected chi connectivity index (χ0v) is 8.98. The number of carboxylic acid groups (broad SMARTS) is 1. The van der Waals surface area contributed by atoms with Crippen molar-refractivity contribution in [2.45, 2.75) is 0 Å². The van der Waals surface area contributed by atoms with Gasteiger partial charge in [-0.05, 0) is 24.3 Å². The van der Waals surface area contributed by atoms with Crippen LogP contribution in [0.4, 0.5) is 0 Å².